The fraction of sp³-hybridized carbons (Fsp3) is 0.357. The zero-order valence-corrected chi connectivity index (χ0v) is 13.0. The molecule has 1 rings (SSSR count). The van der Waals surface area contributed by atoms with E-state index in [2.05, 4.69) is 15.4 Å². The quantitative estimate of drug-likeness (QED) is 0.465. The maximum absolute atomic E-state index is 11.7. The third kappa shape index (κ3) is 5.34. The molecule has 0 atom stereocenters. The monoisotopic (exact) mass is 328 g/mol. The number of rotatable bonds is 6. The van der Waals surface area contributed by atoms with E-state index in [-0.39, 0.29) is 16.3 Å². The van der Waals surface area contributed by atoms with Crippen LogP contribution >= 0.6 is 11.6 Å². The van der Waals surface area contributed by atoms with E-state index in [1.807, 2.05) is 0 Å². The summed E-state index contributed by atoms with van der Waals surface area (Å²) in [5.41, 5.74) is 0.365. The molecule has 120 valence electrons. The Morgan fingerprint density at radius 2 is 1.91 bits per heavy atom. The largest absolute Gasteiger partial charge is 0.465 e. The summed E-state index contributed by atoms with van der Waals surface area (Å²) >= 11 is 5.92. The lowest BCUT2D eigenvalue weighted by molar-refractivity contribution is -0.136. The fourth-order valence-corrected chi connectivity index (χ4v) is 1.71. The van der Waals surface area contributed by atoms with Gasteiger partial charge in [0.05, 0.1) is 23.4 Å². The van der Waals surface area contributed by atoms with Gasteiger partial charge in [0.1, 0.15) is 0 Å². The maximum atomic E-state index is 11.7. The second-order valence-electron chi connectivity index (χ2n) is 4.24. The first-order valence-corrected chi connectivity index (χ1v) is 6.83. The van der Waals surface area contributed by atoms with Gasteiger partial charge < -0.3 is 20.1 Å². The number of hydrogen-bond acceptors (Lipinski definition) is 5. The first kappa shape index (κ1) is 17.9. The molecule has 0 aliphatic rings. The molecule has 0 bridgehead atoms. The lowest BCUT2D eigenvalue weighted by Crippen LogP contribution is -2.36. The van der Waals surface area contributed by atoms with Crippen LogP contribution in [-0.2, 0) is 19.1 Å². The Morgan fingerprint density at radius 3 is 2.55 bits per heavy atom. The molecule has 22 heavy (non-hydrogen) atoms. The summed E-state index contributed by atoms with van der Waals surface area (Å²) in [5.74, 6) is -2.24. The topological polar surface area (TPSA) is 93.7 Å². The molecule has 0 unspecified atom stereocenters. The normalized spacial score (nSPS) is 9.95. The van der Waals surface area contributed by atoms with Crippen LogP contribution in [0.3, 0.4) is 0 Å². The lowest BCUT2D eigenvalue weighted by atomic mass is 10.2. The standard InChI is InChI=1S/C14H17ClN2O5/c1-21-7-3-6-16-12(18)13(19)17-11-8-9(14(20)22-2)4-5-10(11)15/h4-5,8H,3,6-7H2,1-2H3,(H,16,18)(H,17,19). The second-order valence-corrected chi connectivity index (χ2v) is 4.65. The van der Waals surface area contributed by atoms with E-state index >= 15 is 0 Å². The van der Waals surface area contributed by atoms with Crippen LogP contribution in [0.15, 0.2) is 18.2 Å². The number of carbonyl (C=O) groups is 3. The summed E-state index contributed by atoms with van der Waals surface area (Å²) < 4.78 is 9.40. The minimum absolute atomic E-state index is 0.154. The molecule has 1 aromatic carbocycles. The van der Waals surface area contributed by atoms with Gasteiger partial charge in [0, 0.05) is 20.3 Å². The van der Waals surface area contributed by atoms with Crippen molar-refractivity contribution in [3.05, 3.63) is 28.8 Å². The van der Waals surface area contributed by atoms with Gasteiger partial charge in [-0.25, -0.2) is 4.79 Å². The molecule has 0 aromatic heterocycles. The van der Waals surface area contributed by atoms with Crippen LogP contribution in [0.25, 0.3) is 0 Å². The van der Waals surface area contributed by atoms with E-state index in [0.717, 1.165) is 0 Å². The molecular weight excluding hydrogens is 312 g/mol. The van der Waals surface area contributed by atoms with Crippen molar-refractivity contribution in [2.45, 2.75) is 6.42 Å². The molecule has 0 saturated heterocycles. The van der Waals surface area contributed by atoms with E-state index in [1.165, 1.54) is 25.3 Å². The lowest BCUT2D eigenvalue weighted by Gasteiger charge is -2.09. The molecule has 0 heterocycles. The van der Waals surface area contributed by atoms with Crippen LogP contribution in [0, 0.1) is 0 Å². The van der Waals surface area contributed by atoms with Gasteiger partial charge in [-0.05, 0) is 24.6 Å². The summed E-state index contributed by atoms with van der Waals surface area (Å²) in [6, 6.07) is 4.22. The van der Waals surface area contributed by atoms with Gasteiger partial charge >= 0.3 is 17.8 Å². The third-order valence-electron chi connectivity index (χ3n) is 2.65. The fourth-order valence-electron chi connectivity index (χ4n) is 1.54. The molecule has 2 N–H and O–H groups in total. The summed E-state index contributed by atoms with van der Waals surface area (Å²) in [5, 5.41) is 4.99. The smallest absolute Gasteiger partial charge is 0.337 e. The summed E-state index contributed by atoms with van der Waals surface area (Å²) in [4.78, 5) is 34.8. The average molecular weight is 329 g/mol. The van der Waals surface area contributed by atoms with E-state index < -0.39 is 17.8 Å². The van der Waals surface area contributed by atoms with Crippen molar-refractivity contribution in [3.63, 3.8) is 0 Å². The van der Waals surface area contributed by atoms with Gasteiger partial charge in [0.15, 0.2) is 0 Å². The zero-order valence-electron chi connectivity index (χ0n) is 12.3. The SMILES string of the molecule is COCCCNC(=O)C(=O)Nc1cc(C(=O)OC)ccc1Cl. The number of nitrogens with one attached hydrogen (secondary N) is 2. The Hall–Kier alpha value is -2.12. The first-order chi connectivity index (χ1) is 10.5. The number of methoxy groups -OCH3 is 2. The number of ether oxygens (including phenoxy) is 2. The van der Waals surface area contributed by atoms with Crippen LogP contribution in [0.2, 0.25) is 5.02 Å². The number of benzene rings is 1. The zero-order chi connectivity index (χ0) is 16.5. The summed E-state index contributed by atoms with van der Waals surface area (Å²) in [7, 11) is 2.79. The molecular formula is C14H17ClN2O5. The Labute approximate surface area is 132 Å². The number of halogens is 1. The highest BCUT2D eigenvalue weighted by Gasteiger charge is 2.16. The van der Waals surface area contributed by atoms with Crippen LogP contribution in [0.4, 0.5) is 5.69 Å². The maximum Gasteiger partial charge on any atom is 0.337 e. The predicted molar refractivity (Wildman–Crippen MR) is 80.9 cm³/mol. The van der Waals surface area contributed by atoms with E-state index in [9.17, 15) is 14.4 Å². The highest BCUT2D eigenvalue weighted by molar-refractivity contribution is 6.41. The van der Waals surface area contributed by atoms with Crippen LogP contribution in [0.5, 0.6) is 0 Å². The minimum atomic E-state index is -0.874. The molecule has 0 aliphatic heterocycles. The van der Waals surface area contributed by atoms with Crippen molar-refractivity contribution in [1.82, 2.24) is 5.32 Å². The van der Waals surface area contributed by atoms with Gasteiger partial charge in [-0.3, -0.25) is 9.59 Å². The Morgan fingerprint density at radius 1 is 1.18 bits per heavy atom. The Balaban J connectivity index is 2.67. The van der Waals surface area contributed by atoms with Crippen molar-refractivity contribution < 1.29 is 23.9 Å². The molecule has 0 aliphatic carbocycles. The van der Waals surface area contributed by atoms with Crippen molar-refractivity contribution in [3.8, 4) is 0 Å². The van der Waals surface area contributed by atoms with Gasteiger partial charge in [-0.2, -0.15) is 0 Å². The summed E-state index contributed by atoms with van der Waals surface area (Å²) in [6.07, 6.45) is 0.591. The molecule has 1 aromatic rings. The number of esters is 1. The highest BCUT2D eigenvalue weighted by atomic mass is 35.5. The van der Waals surface area contributed by atoms with Crippen LogP contribution in [-0.4, -0.2) is 45.2 Å². The molecule has 7 nitrogen and oxygen atoms in total. The van der Waals surface area contributed by atoms with Gasteiger partial charge in [0.2, 0.25) is 0 Å². The van der Waals surface area contributed by atoms with Crippen LogP contribution < -0.4 is 10.6 Å². The van der Waals surface area contributed by atoms with Crippen molar-refractivity contribution in [1.29, 1.82) is 0 Å². The van der Waals surface area contributed by atoms with Crippen molar-refractivity contribution >= 4 is 35.1 Å². The first-order valence-electron chi connectivity index (χ1n) is 6.45. The number of anilines is 1. The summed E-state index contributed by atoms with van der Waals surface area (Å²) in [6.45, 7) is 0.797. The van der Waals surface area contributed by atoms with Gasteiger partial charge in [-0.15, -0.1) is 0 Å². The van der Waals surface area contributed by atoms with E-state index in [4.69, 9.17) is 16.3 Å². The number of carbonyl (C=O) groups excluding carboxylic acids is 3. The molecule has 8 heteroatoms. The van der Waals surface area contributed by atoms with Crippen LogP contribution in [0.1, 0.15) is 16.8 Å². The Kier molecular flexibility index (Phi) is 7.34. The van der Waals surface area contributed by atoms with Gasteiger partial charge in [-0.1, -0.05) is 11.6 Å². The van der Waals surface area contributed by atoms with E-state index in [1.54, 1.807) is 7.11 Å². The van der Waals surface area contributed by atoms with Crippen molar-refractivity contribution in [2.75, 3.05) is 32.7 Å². The van der Waals surface area contributed by atoms with E-state index in [0.29, 0.717) is 19.6 Å². The number of amides is 2. The number of hydrogen-bond donors (Lipinski definition) is 2. The third-order valence-corrected chi connectivity index (χ3v) is 2.98. The second kappa shape index (κ2) is 9.01. The molecule has 0 saturated carbocycles. The molecule has 2 amide bonds. The van der Waals surface area contributed by atoms with Crippen molar-refractivity contribution in [2.24, 2.45) is 0 Å². The highest BCUT2D eigenvalue weighted by Crippen LogP contribution is 2.23. The predicted octanol–water partition coefficient (Wildman–Crippen LogP) is 1.22. The molecule has 0 radical (unpaired) electrons. The molecule has 0 fully saturated rings. The minimum Gasteiger partial charge on any atom is -0.465 e. The molecule has 0 spiro atoms. The average Bonchev–Trinajstić information content (AvgIpc) is 2.52. The Bertz CT molecular complexity index is 562. The van der Waals surface area contributed by atoms with Gasteiger partial charge in [0.25, 0.3) is 0 Å².